The molecule has 2 atom stereocenters. The van der Waals surface area contributed by atoms with Gasteiger partial charge in [-0.05, 0) is 50.8 Å². The minimum absolute atomic E-state index is 0.161. The second-order valence-electron chi connectivity index (χ2n) is 10.3. The van der Waals surface area contributed by atoms with Gasteiger partial charge >= 0.3 is 0 Å². The summed E-state index contributed by atoms with van der Waals surface area (Å²) >= 11 is 0. The highest BCUT2D eigenvalue weighted by Gasteiger charge is 2.18. The molecule has 1 saturated heterocycles. The van der Waals surface area contributed by atoms with Crippen molar-refractivity contribution in [3.63, 3.8) is 0 Å². The zero-order valence-corrected chi connectivity index (χ0v) is 21.8. The van der Waals surface area contributed by atoms with Crippen molar-refractivity contribution in [3.05, 3.63) is 35.9 Å². The molecule has 0 saturated carbocycles. The molecule has 1 aromatic rings. The number of nitrogens with two attached hydrogens (primary N) is 1. The molecule has 0 radical (unpaired) electrons. The first kappa shape index (κ1) is 28.3. The van der Waals surface area contributed by atoms with Gasteiger partial charge in [0.1, 0.15) is 0 Å². The predicted molar refractivity (Wildman–Crippen MR) is 144 cm³/mol. The lowest BCUT2D eigenvalue weighted by atomic mass is 10.0. The van der Waals surface area contributed by atoms with Gasteiger partial charge in [0.05, 0.1) is 12.3 Å². The monoisotopic (exact) mass is 458 g/mol. The standard InChI is InChI=1S/C30H54N2O/c1-2-3-4-5-6-7-8-9-10-11-12-17-22-29(27-28-20-15-13-16-21-28)33-26-23-30(31)32-24-18-14-19-25-32/h13,15-16,20-21,29-30H,2-12,14,17-19,22-27,31H2,1H3. The van der Waals surface area contributed by atoms with Crippen LogP contribution >= 0.6 is 0 Å². The molecule has 2 rings (SSSR count). The van der Waals surface area contributed by atoms with Gasteiger partial charge in [-0.2, -0.15) is 0 Å². The highest BCUT2D eigenvalue weighted by atomic mass is 16.5. The molecule has 0 bridgehead atoms. The normalized spacial score (nSPS) is 16.7. The topological polar surface area (TPSA) is 38.5 Å². The first-order valence-corrected chi connectivity index (χ1v) is 14.4. The molecule has 33 heavy (non-hydrogen) atoms. The van der Waals surface area contributed by atoms with Crippen LogP contribution in [-0.2, 0) is 11.2 Å². The molecule has 0 spiro atoms. The van der Waals surface area contributed by atoms with Crippen LogP contribution in [0.5, 0.6) is 0 Å². The van der Waals surface area contributed by atoms with Gasteiger partial charge in [-0.1, -0.05) is 121 Å². The average molecular weight is 459 g/mol. The molecule has 0 aromatic heterocycles. The molecule has 3 heteroatoms. The lowest BCUT2D eigenvalue weighted by Gasteiger charge is -2.32. The summed E-state index contributed by atoms with van der Waals surface area (Å²) in [6.07, 6.45) is 24.4. The molecule has 0 amide bonds. The van der Waals surface area contributed by atoms with Gasteiger partial charge in [0.2, 0.25) is 0 Å². The number of rotatable bonds is 20. The second-order valence-corrected chi connectivity index (χ2v) is 10.3. The van der Waals surface area contributed by atoms with Crippen LogP contribution in [-0.4, -0.2) is 36.9 Å². The van der Waals surface area contributed by atoms with Gasteiger partial charge in [0.25, 0.3) is 0 Å². The molecule has 3 nitrogen and oxygen atoms in total. The largest absolute Gasteiger partial charge is 0.378 e. The Balaban J connectivity index is 1.57. The minimum atomic E-state index is 0.161. The first-order valence-electron chi connectivity index (χ1n) is 14.4. The highest BCUT2D eigenvalue weighted by molar-refractivity contribution is 5.15. The van der Waals surface area contributed by atoms with Crippen LogP contribution in [0, 0.1) is 0 Å². The van der Waals surface area contributed by atoms with Gasteiger partial charge in [0.15, 0.2) is 0 Å². The highest BCUT2D eigenvalue weighted by Crippen LogP contribution is 2.17. The van der Waals surface area contributed by atoms with E-state index in [2.05, 4.69) is 42.2 Å². The summed E-state index contributed by atoms with van der Waals surface area (Å²) in [5, 5.41) is 0. The number of likely N-dealkylation sites (tertiary alicyclic amines) is 1. The fourth-order valence-corrected chi connectivity index (χ4v) is 5.12. The number of unbranched alkanes of at least 4 members (excludes halogenated alkanes) is 11. The molecule has 1 aliphatic rings. The molecule has 1 heterocycles. The van der Waals surface area contributed by atoms with E-state index in [1.165, 1.54) is 108 Å². The molecule has 0 aliphatic carbocycles. The predicted octanol–water partition coefficient (Wildman–Crippen LogP) is 7.87. The number of hydrogen-bond donors (Lipinski definition) is 1. The average Bonchev–Trinajstić information content (AvgIpc) is 2.85. The molecule has 1 aliphatic heterocycles. The zero-order valence-electron chi connectivity index (χ0n) is 21.8. The molecule has 2 unspecified atom stereocenters. The smallest absolute Gasteiger partial charge is 0.0615 e. The molecule has 190 valence electrons. The maximum atomic E-state index is 6.45. The van der Waals surface area contributed by atoms with Crippen LogP contribution in [0.3, 0.4) is 0 Å². The van der Waals surface area contributed by atoms with Crippen molar-refractivity contribution in [3.8, 4) is 0 Å². The van der Waals surface area contributed by atoms with Gasteiger partial charge in [-0.15, -0.1) is 0 Å². The number of ether oxygens (including phenoxy) is 1. The van der Waals surface area contributed by atoms with Gasteiger partial charge in [0, 0.05) is 6.61 Å². The Morgan fingerprint density at radius 1 is 0.758 bits per heavy atom. The van der Waals surface area contributed by atoms with Crippen molar-refractivity contribution in [2.75, 3.05) is 19.7 Å². The number of benzene rings is 1. The number of nitrogens with zero attached hydrogens (tertiary/aromatic N) is 1. The van der Waals surface area contributed by atoms with Crippen molar-refractivity contribution in [1.29, 1.82) is 0 Å². The van der Waals surface area contributed by atoms with Gasteiger partial charge in [-0.25, -0.2) is 0 Å². The van der Waals surface area contributed by atoms with E-state index in [1.807, 2.05) is 0 Å². The Morgan fingerprint density at radius 3 is 1.94 bits per heavy atom. The number of piperidine rings is 1. The van der Waals surface area contributed by atoms with Crippen molar-refractivity contribution >= 4 is 0 Å². The van der Waals surface area contributed by atoms with Gasteiger partial charge in [-0.3, -0.25) is 4.90 Å². The molecular formula is C30H54N2O. The molecule has 1 aromatic carbocycles. The third-order valence-electron chi connectivity index (χ3n) is 7.31. The van der Waals surface area contributed by atoms with E-state index >= 15 is 0 Å². The Hall–Kier alpha value is -0.900. The van der Waals surface area contributed by atoms with Crippen LogP contribution in [0.1, 0.15) is 122 Å². The fraction of sp³-hybridized carbons (Fsp3) is 0.800. The molecule has 2 N–H and O–H groups in total. The quantitative estimate of drug-likeness (QED) is 0.202. The third-order valence-corrected chi connectivity index (χ3v) is 7.31. The summed E-state index contributed by atoms with van der Waals surface area (Å²) in [7, 11) is 0. The summed E-state index contributed by atoms with van der Waals surface area (Å²) in [5.41, 5.74) is 7.84. The molecular weight excluding hydrogens is 404 g/mol. The zero-order chi connectivity index (χ0) is 23.4. The SMILES string of the molecule is CCCCCCCCCCCCCCC(Cc1ccccc1)OCCC(N)N1CCCCC1. The Bertz CT molecular complexity index is 543. The third kappa shape index (κ3) is 14.2. The van der Waals surface area contributed by atoms with Crippen molar-refractivity contribution in [2.24, 2.45) is 5.73 Å². The second kappa shape index (κ2) is 19.4. The summed E-state index contributed by atoms with van der Waals surface area (Å²) in [6.45, 7) is 5.40. The van der Waals surface area contributed by atoms with Gasteiger partial charge < -0.3 is 10.5 Å². The maximum absolute atomic E-state index is 6.45. The maximum Gasteiger partial charge on any atom is 0.0615 e. The summed E-state index contributed by atoms with van der Waals surface area (Å²) in [6, 6.07) is 10.9. The Kier molecular flexibility index (Phi) is 16.7. The summed E-state index contributed by atoms with van der Waals surface area (Å²) in [4.78, 5) is 2.45. The van der Waals surface area contributed by atoms with Crippen LogP contribution in [0.15, 0.2) is 30.3 Å². The summed E-state index contributed by atoms with van der Waals surface area (Å²) < 4.78 is 6.40. The van der Waals surface area contributed by atoms with Crippen LogP contribution in [0.4, 0.5) is 0 Å². The van der Waals surface area contributed by atoms with Crippen LogP contribution in [0.25, 0.3) is 0 Å². The van der Waals surface area contributed by atoms with E-state index in [-0.39, 0.29) is 6.17 Å². The van der Waals surface area contributed by atoms with E-state index in [9.17, 15) is 0 Å². The van der Waals surface area contributed by atoms with Crippen molar-refractivity contribution in [2.45, 2.75) is 135 Å². The van der Waals surface area contributed by atoms with E-state index in [4.69, 9.17) is 10.5 Å². The van der Waals surface area contributed by atoms with E-state index in [1.54, 1.807) is 0 Å². The van der Waals surface area contributed by atoms with Crippen molar-refractivity contribution < 1.29 is 4.74 Å². The van der Waals surface area contributed by atoms with Crippen LogP contribution in [0.2, 0.25) is 0 Å². The first-order chi connectivity index (χ1) is 16.3. The molecule has 1 fully saturated rings. The summed E-state index contributed by atoms with van der Waals surface area (Å²) in [5.74, 6) is 0. The van der Waals surface area contributed by atoms with E-state index in [0.717, 1.165) is 32.5 Å². The van der Waals surface area contributed by atoms with E-state index < -0.39 is 0 Å². The Labute approximate surface area is 205 Å². The Morgan fingerprint density at radius 2 is 1.33 bits per heavy atom. The number of hydrogen-bond acceptors (Lipinski definition) is 3. The lowest BCUT2D eigenvalue weighted by Crippen LogP contribution is -2.45. The van der Waals surface area contributed by atoms with Crippen LogP contribution < -0.4 is 5.73 Å². The van der Waals surface area contributed by atoms with Crippen molar-refractivity contribution in [1.82, 2.24) is 4.90 Å². The lowest BCUT2D eigenvalue weighted by molar-refractivity contribution is 0.0284. The fourth-order valence-electron chi connectivity index (χ4n) is 5.12. The minimum Gasteiger partial charge on any atom is -0.378 e. The van der Waals surface area contributed by atoms with E-state index in [0.29, 0.717) is 6.10 Å².